The fourth-order valence-electron chi connectivity index (χ4n) is 1.91. The standard InChI is InChI=1S/C18H16O3/c1-3-4-13-20-18(19)21-17-14(2)9-8-12-16(17)15-10-6-5-7-11-15/h5-12H,13H2,1-2H3. The Morgan fingerprint density at radius 2 is 1.86 bits per heavy atom. The summed E-state index contributed by atoms with van der Waals surface area (Å²) in [5.74, 6) is 5.82. The van der Waals surface area contributed by atoms with E-state index in [0.29, 0.717) is 5.75 Å². The number of aryl methyl sites for hydroxylation is 1. The molecule has 0 saturated carbocycles. The Balaban J connectivity index is 2.26. The SMILES string of the molecule is CC#CCOC(=O)Oc1c(C)cccc1-c1ccccc1. The van der Waals surface area contributed by atoms with Crippen LogP contribution in [-0.4, -0.2) is 12.8 Å². The summed E-state index contributed by atoms with van der Waals surface area (Å²) in [6.45, 7) is 3.60. The van der Waals surface area contributed by atoms with Crippen LogP contribution in [0.3, 0.4) is 0 Å². The number of ether oxygens (including phenoxy) is 2. The summed E-state index contributed by atoms with van der Waals surface area (Å²) < 4.78 is 10.2. The van der Waals surface area contributed by atoms with Gasteiger partial charge in [-0.1, -0.05) is 54.5 Å². The Morgan fingerprint density at radius 3 is 2.57 bits per heavy atom. The van der Waals surface area contributed by atoms with Crippen molar-refractivity contribution in [1.29, 1.82) is 0 Å². The van der Waals surface area contributed by atoms with Gasteiger partial charge in [-0.25, -0.2) is 4.79 Å². The summed E-state index contributed by atoms with van der Waals surface area (Å²) in [5.41, 5.74) is 2.71. The summed E-state index contributed by atoms with van der Waals surface area (Å²) in [7, 11) is 0. The second-order valence-corrected chi connectivity index (χ2v) is 4.39. The first kappa shape index (κ1) is 14.7. The molecule has 2 rings (SSSR count). The van der Waals surface area contributed by atoms with Crippen molar-refractivity contribution in [2.45, 2.75) is 13.8 Å². The van der Waals surface area contributed by atoms with Gasteiger partial charge in [-0.2, -0.15) is 0 Å². The van der Waals surface area contributed by atoms with Crippen LogP contribution in [0.4, 0.5) is 4.79 Å². The van der Waals surface area contributed by atoms with Crippen LogP contribution in [0.15, 0.2) is 48.5 Å². The van der Waals surface area contributed by atoms with Gasteiger partial charge < -0.3 is 9.47 Å². The largest absolute Gasteiger partial charge is 0.514 e. The highest BCUT2D eigenvalue weighted by Crippen LogP contribution is 2.33. The van der Waals surface area contributed by atoms with Crippen molar-refractivity contribution in [3.05, 3.63) is 54.1 Å². The molecule has 0 aliphatic heterocycles. The minimum Gasteiger partial charge on any atom is -0.421 e. The smallest absolute Gasteiger partial charge is 0.421 e. The number of hydrogen-bond donors (Lipinski definition) is 0. The van der Waals surface area contributed by atoms with E-state index in [4.69, 9.17) is 9.47 Å². The van der Waals surface area contributed by atoms with E-state index in [2.05, 4.69) is 11.8 Å². The lowest BCUT2D eigenvalue weighted by Crippen LogP contribution is -2.12. The molecule has 0 spiro atoms. The first-order valence-corrected chi connectivity index (χ1v) is 6.61. The van der Waals surface area contributed by atoms with Gasteiger partial charge in [0.25, 0.3) is 0 Å². The van der Waals surface area contributed by atoms with Crippen LogP contribution in [0.25, 0.3) is 11.1 Å². The first-order valence-electron chi connectivity index (χ1n) is 6.61. The molecule has 0 aliphatic rings. The summed E-state index contributed by atoms with van der Waals surface area (Å²) >= 11 is 0. The molecule has 0 unspecified atom stereocenters. The number of carbonyl (C=O) groups is 1. The molecule has 2 aromatic rings. The molecule has 21 heavy (non-hydrogen) atoms. The fraction of sp³-hybridized carbons (Fsp3) is 0.167. The van der Waals surface area contributed by atoms with Crippen molar-refractivity contribution in [3.63, 3.8) is 0 Å². The van der Waals surface area contributed by atoms with Crippen LogP contribution >= 0.6 is 0 Å². The van der Waals surface area contributed by atoms with E-state index in [1.54, 1.807) is 6.92 Å². The maximum Gasteiger partial charge on any atom is 0.514 e. The molecule has 0 N–H and O–H groups in total. The van der Waals surface area contributed by atoms with Gasteiger partial charge in [-0.15, -0.1) is 5.92 Å². The highest BCUT2D eigenvalue weighted by Gasteiger charge is 2.13. The van der Waals surface area contributed by atoms with Gasteiger partial charge in [-0.3, -0.25) is 0 Å². The molecule has 2 aromatic carbocycles. The number of para-hydroxylation sites is 1. The van der Waals surface area contributed by atoms with E-state index < -0.39 is 6.16 Å². The Bertz CT molecular complexity index is 679. The zero-order valence-electron chi connectivity index (χ0n) is 12.1. The van der Waals surface area contributed by atoms with E-state index >= 15 is 0 Å². The van der Waals surface area contributed by atoms with Crippen molar-refractivity contribution in [2.24, 2.45) is 0 Å². The molecule has 0 aromatic heterocycles. The van der Waals surface area contributed by atoms with E-state index in [9.17, 15) is 4.79 Å². The monoisotopic (exact) mass is 280 g/mol. The number of carbonyl (C=O) groups excluding carboxylic acids is 1. The van der Waals surface area contributed by atoms with E-state index in [0.717, 1.165) is 16.7 Å². The molecule has 0 amide bonds. The zero-order chi connectivity index (χ0) is 15.1. The molecule has 0 atom stereocenters. The topological polar surface area (TPSA) is 35.5 Å². The van der Waals surface area contributed by atoms with Gasteiger partial charge in [0.1, 0.15) is 5.75 Å². The minimum absolute atomic E-state index is 0.0296. The maximum absolute atomic E-state index is 11.7. The predicted octanol–water partition coefficient (Wildman–Crippen LogP) is 4.20. The van der Waals surface area contributed by atoms with Crippen LogP contribution in [0.1, 0.15) is 12.5 Å². The Kier molecular flexibility index (Phi) is 5.00. The minimum atomic E-state index is -0.746. The molecule has 3 heteroatoms. The highest BCUT2D eigenvalue weighted by molar-refractivity contribution is 5.76. The third-order valence-corrected chi connectivity index (χ3v) is 2.92. The van der Waals surface area contributed by atoms with Crippen molar-refractivity contribution in [2.75, 3.05) is 6.61 Å². The lowest BCUT2D eigenvalue weighted by Gasteiger charge is -2.12. The van der Waals surface area contributed by atoms with E-state index in [1.807, 2.05) is 55.5 Å². The summed E-state index contributed by atoms with van der Waals surface area (Å²) in [6.07, 6.45) is -0.746. The Morgan fingerprint density at radius 1 is 1.10 bits per heavy atom. The molecule has 0 saturated heterocycles. The fourth-order valence-corrected chi connectivity index (χ4v) is 1.91. The average Bonchev–Trinajstić information content (AvgIpc) is 2.50. The second-order valence-electron chi connectivity index (χ2n) is 4.39. The van der Waals surface area contributed by atoms with Gasteiger partial charge in [0, 0.05) is 5.56 Å². The first-order chi connectivity index (χ1) is 10.2. The van der Waals surface area contributed by atoms with Gasteiger partial charge in [0.15, 0.2) is 6.61 Å². The molecular formula is C18H16O3. The zero-order valence-corrected chi connectivity index (χ0v) is 12.1. The average molecular weight is 280 g/mol. The van der Waals surface area contributed by atoms with Crippen LogP contribution in [-0.2, 0) is 4.74 Å². The van der Waals surface area contributed by atoms with Crippen molar-refractivity contribution in [3.8, 4) is 28.7 Å². The molecule has 106 valence electrons. The van der Waals surface area contributed by atoms with Crippen LogP contribution < -0.4 is 4.74 Å². The molecule has 0 radical (unpaired) electrons. The molecular weight excluding hydrogens is 264 g/mol. The lowest BCUT2D eigenvalue weighted by molar-refractivity contribution is 0.111. The Hall–Kier alpha value is -2.73. The summed E-state index contributed by atoms with van der Waals surface area (Å²) in [5, 5.41) is 0. The lowest BCUT2D eigenvalue weighted by atomic mass is 10.0. The van der Waals surface area contributed by atoms with Crippen molar-refractivity contribution >= 4 is 6.16 Å². The summed E-state index contributed by atoms with van der Waals surface area (Å²) in [6, 6.07) is 15.5. The number of rotatable bonds is 3. The van der Waals surface area contributed by atoms with Gasteiger partial charge in [0.2, 0.25) is 0 Å². The van der Waals surface area contributed by atoms with Gasteiger partial charge in [-0.05, 0) is 25.0 Å². The van der Waals surface area contributed by atoms with Crippen molar-refractivity contribution in [1.82, 2.24) is 0 Å². The van der Waals surface area contributed by atoms with Crippen LogP contribution in [0, 0.1) is 18.8 Å². The third-order valence-electron chi connectivity index (χ3n) is 2.92. The van der Waals surface area contributed by atoms with E-state index in [1.165, 1.54) is 0 Å². The third kappa shape index (κ3) is 3.87. The normalized spacial score (nSPS) is 9.43. The maximum atomic E-state index is 11.7. The molecule has 3 nitrogen and oxygen atoms in total. The quantitative estimate of drug-likeness (QED) is 0.480. The molecule has 0 bridgehead atoms. The second kappa shape index (κ2) is 7.16. The molecule has 0 aliphatic carbocycles. The van der Waals surface area contributed by atoms with Gasteiger partial charge in [0.05, 0.1) is 0 Å². The van der Waals surface area contributed by atoms with Crippen LogP contribution in [0.5, 0.6) is 5.75 Å². The van der Waals surface area contributed by atoms with Gasteiger partial charge >= 0.3 is 6.16 Å². The highest BCUT2D eigenvalue weighted by atomic mass is 16.7. The molecule has 0 heterocycles. The Labute approximate surface area is 124 Å². The predicted molar refractivity (Wildman–Crippen MR) is 82.0 cm³/mol. The summed E-state index contributed by atoms with van der Waals surface area (Å²) in [4.78, 5) is 11.7. The van der Waals surface area contributed by atoms with Crippen LogP contribution in [0.2, 0.25) is 0 Å². The number of hydrogen-bond acceptors (Lipinski definition) is 3. The molecule has 0 fully saturated rings. The van der Waals surface area contributed by atoms with Crippen molar-refractivity contribution < 1.29 is 14.3 Å². The number of benzene rings is 2. The van der Waals surface area contributed by atoms with E-state index in [-0.39, 0.29) is 6.61 Å².